The van der Waals surface area contributed by atoms with Crippen molar-refractivity contribution in [3.63, 3.8) is 0 Å². The summed E-state index contributed by atoms with van der Waals surface area (Å²) in [6.07, 6.45) is 0.220. The number of aliphatic hydroxyl groups excluding tert-OH is 1. The highest BCUT2D eigenvalue weighted by molar-refractivity contribution is 5.44. The van der Waals surface area contributed by atoms with Gasteiger partial charge in [0.1, 0.15) is 30.1 Å². The first kappa shape index (κ1) is 18.9. The van der Waals surface area contributed by atoms with Crippen LogP contribution in [0.5, 0.6) is 5.75 Å². The molecule has 1 aliphatic rings. The Hall–Kier alpha value is -2.85. The summed E-state index contributed by atoms with van der Waals surface area (Å²) in [5, 5.41) is 19.7. The maximum Gasteiger partial charge on any atom is 0.331 e. The Morgan fingerprint density at radius 1 is 1.26 bits per heavy atom. The third-order valence-corrected chi connectivity index (χ3v) is 5.13. The van der Waals surface area contributed by atoms with Crippen molar-refractivity contribution in [2.24, 2.45) is 0 Å². The van der Waals surface area contributed by atoms with Crippen molar-refractivity contribution in [1.82, 2.24) is 9.13 Å². The molecule has 142 valence electrons. The zero-order valence-electron chi connectivity index (χ0n) is 15.8. The molecule has 2 heterocycles. The SMILES string of the molecule is Cc1ccc(C)c(OCC(O)Cn2c(=O)c(C#N)c3n(c2=O)CCC3)c1C. The number of hydrogen-bond acceptors (Lipinski definition) is 5. The van der Waals surface area contributed by atoms with Crippen LogP contribution in [0.3, 0.4) is 0 Å². The molecule has 0 saturated heterocycles. The lowest BCUT2D eigenvalue weighted by molar-refractivity contribution is 0.0893. The lowest BCUT2D eigenvalue weighted by Gasteiger charge is -2.18. The van der Waals surface area contributed by atoms with Crippen LogP contribution in [0.1, 0.15) is 34.4 Å². The second-order valence-electron chi connectivity index (χ2n) is 7.01. The van der Waals surface area contributed by atoms with Crippen LogP contribution >= 0.6 is 0 Å². The quantitative estimate of drug-likeness (QED) is 0.854. The average Bonchev–Trinajstić information content (AvgIpc) is 3.12. The highest BCUT2D eigenvalue weighted by Crippen LogP contribution is 2.25. The minimum Gasteiger partial charge on any atom is -0.490 e. The maximum atomic E-state index is 12.6. The number of benzene rings is 1. The van der Waals surface area contributed by atoms with Crippen LogP contribution in [-0.2, 0) is 19.5 Å². The van der Waals surface area contributed by atoms with Crippen LogP contribution < -0.4 is 16.0 Å². The van der Waals surface area contributed by atoms with E-state index in [1.54, 1.807) is 0 Å². The summed E-state index contributed by atoms with van der Waals surface area (Å²) >= 11 is 0. The van der Waals surface area contributed by atoms with E-state index in [4.69, 9.17) is 4.74 Å². The summed E-state index contributed by atoms with van der Waals surface area (Å²) in [6, 6.07) is 5.86. The number of aromatic nitrogens is 2. The smallest absolute Gasteiger partial charge is 0.331 e. The standard InChI is InChI=1S/C20H23N3O4/c1-12-6-7-13(2)18(14(12)3)27-11-15(24)10-23-19(25)16(9-21)17-5-4-8-22(17)20(23)26/h6-7,15,24H,4-5,8,10-11H2,1-3H3. The first-order chi connectivity index (χ1) is 12.8. The molecule has 1 N–H and O–H groups in total. The maximum absolute atomic E-state index is 12.6. The number of aliphatic hydroxyl groups is 1. The van der Waals surface area contributed by atoms with Crippen molar-refractivity contribution in [1.29, 1.82) is 5.26 Å². The number of hydrogen-bond donors (Lipinski definition) is 1. The zero-order chi connectivity index (χ0) is 19.7. The van der Waals surface area contributed by atoms with Crippen LogP contribution in [-0.4, -0.2) is 27.0 Å². The molecule has 1 aliphatic heterocycles. The van der Waals surface area contributed by atoms with Crippen LogP contribution in [0.25, 0.3) is 0 Å². The van der Waals surface area contributed by atoms with E-state index >= 15 is 0 Å². The van der Waals surface area contributed by atoms with Gasteiger partial charge in [0, 0.05) is 12.2 Å². The highest BCUT2D eigenvalue weighted by atomic mass is 16.5. The van der Waals surface area contributed by atoms with E-state index in [-0.39, 0.29) is 18.7 Å². The molecule has 1 atom stereocenters. The molecule has 0 fully saturated rings. The Labute approximate surface area is 157 Å². The molecule has 0 radical (unpaired) electrons. The van der Waals surface area contributed by atoms with E-state index in [9.17, 15) is 20.0 Å². The second-order valence-corrected chi connectivity index (χ2v) is 7.01. The Morgan fingerprint density at radius 3 is 2.67 bits per heavy atom. The van der Waals surface area contributed by atoms with Gasteiger partial charge in [0.15, 0.2) is 0 Å². The second kappa shape index (κ2) is 7.41. The first-order valence-corrected chi connectivity index (χ1v) is 8.99. The zero-order valence-corrected chi connectivity index (χ0v) is 15.8. The van der Waals surface area contributed by atoms with Gasteiger partial charge in [0.05, 0.1) is 6.54 Å². The van der Waals surface area contributed by atoms with Crippen molar-refractivity contribution in [3.05, 3.63) is 60.9 Å². The van der Waals surface area contributed by atoms with Gasteiger partial charge in [0.25, 0.3) is 5.56 Å². The molecule has 0 spiro atoms. The Balaban J connectivity index is 1.83. The lowest BCUT2D eigenvalue weighted by atomic mass is 10.1. The molecular formula is C20H23N3O4. The van der Waals surface area contributed by atoms with Crippen LogP contribution in [0.15, 0.2) is 21.7 Å². The summed E-state index contributed by atoms with van der Waals surface area (Å²) in [4.78, 5) is 25.1. The molecule has 0 saturated carbocycles. The molecule has 2 aromatic rings. The van der Waals surface area contributed by atoms with Crippen LogP contribution in [0.4, 0.5) is 0 Å². The van der Waals surface area contributed by atoms with Gasteiger partial charge in [0.2, 0.25) is 0 Å². The predicted molar refractivity (Wildman–Crippen MR) is 100 cm³/mol. The molecule has 7 heteroatoms. The molecule has 7 nitrogen and oxygen atoms in total. The molecule has 1 unspecified atom stereocenters. The number of fused-ring (bicyclic) bond motifs is 1. The van der Waals surface area contributed by atoms with Crippen LogP contribution in [0.2, 0.25) is 0 Å². The molecular weight excluding hydrogens is 346 g/mol. The summed E-state index contributed by atoms with van der Waals surface area (Å²) in [5.41, 5.74) is 2.39. The van der Waals surface area contributed by atoms with Crippen molar-refractivity contribution in [2.75, 3.05) is 6.61 Å². The topological polar surface area (TPSA) is 97.2 Å². The van der Waals surface area contributed by atoms with E-state index in [0.717, 1.165) is 27.7 Å². The van der Waals surface area contributed by atoms with Crippen molar-refractivity contribution < 1.29 is 9.84 Å². The van der Waals surface area contributed by atoms with Gasteiger partial charge in [-0.25, -0.2) is 4.79 Å². The number of aryl methyl sites for hydroxylation is 2. The summed E-state index contributed by atoms with van der Waals surface area (Å²) in [5.74, 6) is 0.699. The van der Waals surface area contributed by atoms with E-state index in [1.807, 2.05) is 39.0 Å². The molecule has 1 aromatic carbocycles. The molecule has 27 heavy (non-hydrogen) atoms. The van der Waals surface area contributed by atoms with E-state index < -0.39 is 17.4 Å². The first-order valence-electron chi connectivity index (χ1n) is 8.99. The highest BCUT2D eigenvalue weighted by Gasteiger charge is 2.23. The molecule has 0 amide bonds. The Kier molecular flexibility index (Phi) is 5.19. The summed E-state index contributed by atoms with van der Waals surface area (Å²) in [6.45, 7) is 6.06. The number of nitriles is 1. The van der Waals surface area contributed by atoms with Crippen molar-refractivity contribution >= 4 is 0 Å². The summed E-state index contributed by atoms with van der Waals surface area (Å²) in [7, 11) is 0. The van der Waals surface area contributed by atoms with Crippen molar-refractivity contribution in [2.45, 2.75) is 52.8 Å². The minimum absolute atomic E-state index is 0.00871. The van der Waals surface area contributed by atoms with Gasteiger partial charge in [-0.05, 0) is 50.3 Å². The van der Waals surface area contributed by atoms with Gasteiger partial charge in [-0.3, -0.25) is 13.9 Å². The molecule has 1 aromatic heterocycles. The van der Waals surface area contributed by atoms with Gasteiger partial charge in [-0.15, -0.1) is 0 Å². The van der Waals surface area contributed by atoms with E-state index in [2.05, 4.69) is 0 Å². The fraction of sp³-hybridized carbons (Fsp3) is 0.450. The predicted octanol–water partition coefficient (Wildman–Crippen LogP) is 1.19. The third-order valence-electron chi connectivity index (χ3n) is 5.13. The third kappa shape index (κ3) is 3.40. The fourth-order valence-electron chi connectivity index (χ4n) is 3.50. The fourth-order valence-corrected chi connectivity index (χ4v) is 3.50. The van der Waals surface area contributed by atoms with E-state index in [1.165, 1.54) is 4.57 Å². The average molecular weight is 369 g/mol. The van der Waals surface area contributed by atoms with Crippen LogP contribution in [0, 0.1) is 32.1 Å². The summed E-state index contributed by atoms with van der Waals surface area (Å²) < 4.78 is 8.17. The van der Waals surface area contributed by atoms with Crippen molar-refractivity contribution in [3.8, 4) is 11.8 Å². The number of ether oxygens (including phenoxy) is 1. The van der Waals surface area contributed by atoms with Gasteiger partial charge in [-0.1, -0.05) is 12.1 Å². The van der Waals surface area contributed by atoms with Gasteiger partial charge >= 0.3 is 5.69 Å². The molecule has 0 aliphatic carbocycles. The Bertz CT molecular complexity index is 1040. The number of rotatable bonds is 5. The van der Waals surface area contributed by atoms with Gasteiger partial charge in [-0.2, -0.15) is 5.26 Å². The molecule has 0 bridgehead atoms. The number of nitrogens with zero attached hydrogens (tertiary/aromatic N) is 3. The monoisotopic (exact) mass is 369 g/mol. The normalized spacial score (nSPS) is 13.9. The lowest BCUT2D eigenvalue weighted by Crippen LogP contribution is -2.44. The minimum atomic E-state index is -1.05. The largest absolute Gasteiger partial charge is 0.490 e. The molecule has 3 rings (SSSR count). The van der Waals surface area contributed by atoms with E-state index in [0.29, 0.717) is 24.4 Å². The Morgan fingerprint density at radius 2 is 1.96 bits per heavy atom. The van der Waals surface area contributed by atoms with Gasteiger partial charge < -0.3 is 9.84 Å².